The van der Waals surface area contributed by atoms with Crippen LogP contribution in [0, 0.1) is 5.92 Å². The van der Waals surface area contributed by atoms with Gasteiger partial charge in [-0.1, -0.05) is 19.1 Å². The van der Waals surface area contributed by atoms with Crippen LogP contribution in [0.3, 0.4) is 0 Å². The summed E-state index contributed by atoms with van der Waals surface area (Å²) in [6, 6.07) is 7.88. The molecule has 0 aromatic heterocycles. The minimum atomic E-state index is -0.116. The zero-order chi connectivity index (χ0) is 14.4. The predicted molar refractivity (Wildman–Crippen MR) is 77.7 cm³/mol. The van der Waals surface area contributed by atoms with Crippen LogP contribution in [0.1, 0.15) is 31.7 Å². The van der Waals surface area contributed by atoms with Gasteiger partial charge in [0, 0.05) is 12.6 Å². The number of hydrogen-bond donors (Lipinski definition) is 2. The number of benzene rings is 1. The fraction of sp³-hybridized carbons (Fsp3) is 0.562. The first kappa shape index (κ1) is 14.9. The summed E-state index contributed by atoms with van der Waals surface area (Å²) in [5.41, 5.74) is 1.25. The maximum absolute atomic E-state index is 11.8. The second-order valence-electron chi connectivity index (χ2n) is 5.31. The van der Waals surface area contributed by atoms with Gasteiger partial charge in [-0.05, 0) is 49.3 Å². The molecule has 1 amide bonds. The van der Waals surface area contributed by atoms with Crippen LogP contribution in [0.5, 0.6) is 5.75 Å². The van der Waals surface area contributed by atoms with Crippen LogP contribution in [0.2, 0.25) is 0 Å². The third-order valence-corrected chi connectivity index (χ3v) is 3.68. The molecule has 1 aromatic rings. The third kappa shape index (κ3) is 4.53. The number of aliphatic hydroxyl groups excluding tert-OH is 1. The molecule has 4 nitrogen and oxygen atoms in total. The van der Waals surface area contributed by atoms with Gasteiger partial charge >= 0.3 is 0 Å². The number of carbonyl (C=O) groups is 1. The Morgan fingerprint density at radius 1 is 1.40 bits per heavy atom. The van der Waals surface area contributed by atoms with E-state index in [2.05, 4.69) is 12.2 Å². The van der Waals surface area contributed by atoms with Gasteiger partial charge in [0.15, 0.2) is 6.61 Å². The van der Waals surface area contributed by atoms with Crippen LogP contribution in [0.25, 0.3) is 0 Å². The highest BCUT2D eigenvalue weighted by atomic mass is 16.5. The Morgan fingerprint density at radius 2 is 2.10 bits per heavy atom. The van der Waals surface area contributed by atoms with Crippen LogP contribution in [0.4, 0.5) is 0 Å². The Hall–Kier alpha value is -1.55. The predicted octanol–water partition coefficient (Wildman–Crippen LogP) is 1.91. The lowest BCUT2D eigenvalue weighted by Crippen LogP contribution is -2.39. The van der Waals surface area contributed by atoms with E-state index < -0.39 is 0 Å². The molecule has 0 heterocycles. The van der Waals surface area contributed by atoms with Gasteiger partial charge in [-0.3, -0.25) is 4.79 Å². The maximum Gasteiger partial charge on any atom is 0.258 e. The molecule has 0 saturated heterocycles. The molecular weight excluding hydrogens is 254 g/mol. The lowest BCUT2D eigenvalue weighted by atomic mass is 10.1. The van der Waals surface area contributed by atoms with Gasteiger partial charge in [-0.25, -0.2) is 0 Å². The van der Waals surface area contributed by atoms with E-state index in [0.717, 1.165) is 19.3 Å². The van der Waals surface area contributed by atoms with Gasteiger partial charge < -0.3 is 15.2 Å². The smallest absolute Gasteiger partial charge is 0.258 e. The SMILES string of the molecule is CCc1ccc(OCC(=O)NC(CCO)C2CC2)cc1. The van der Waals surface area contributed by atoms with Gasteiger partial charge in [0.25, 0.3) is 5.91 Å². The normalized spacial score (nSPS) is 15.7. The quantitative estimate of drug-likeness (QED) is 0.763. The fourth-order valence-corrected chi connectivity index (χ4v) is 2.28. The molecular formula is C16H23NO3. The average Bonchev–Trinajstić information content (AvgIpc) is 3.30. The van der Waals surface area contributed by atoms with Crippen LogP contribution < -0.4 is 10.1 Å². The van der Waals surface area contributed by atoms with E-state index in [9.17, 15) is 4.79 Å². The number of aryl methyl sites for hydroxylation is 1. The molecule has 110 valence electrons. The van der Waals surface area contributed by atoms with E-state index >= 15 is 0 Å². The second-order valence-corrected chi connectivity index (χ2v) is 5.31. The second kappa shape index (κ2) is 7.29. The van der Waals surface area contributed by atoms with Gasteiger partial charge in [0.05, 0.1) is 0 Å². The van der Waals surface area contributed by atoms with E-state index in [1.807, 2.05) is 24.3 Å². The number of nitrogens with one attached hydrogen (secondary N) is 1. The number of ether oxygens (including phenoxy) is 1. The largest absolute Gasteiger partial charge is 0.484 e. The summed E-state index contributed by atoms with van der Waals surface area (Å²) in [6.07, 6.45) is 3.90. The number of rotatable bonds is 8. The van der Waals surface area contributed by atoms with Crippen molar-refractivity contribution in [1.29, 1.82) is 0 Å². The maximum atomic E-state index is 11.8. The first-order valence-corrected chi connectivity index (χ1v) is 7.35. The Kier molecular flexibility index (Phi) is 5.41. The molecule has 1 unspecified atom stereocenters. The lowest BCUT2D eigenvalue weighted by Gasteiger charge is -2.17. The van der Waals surface area contributed by atoms with E-state index in [1.54, 1.807) is 0 Å². The molecule has 0 bridgehead atoms. The summed E-state index contributed by atoms with van der Waals surface area (Å²) in [4.78, 5) is 11.8. The number of hydrogen-bond acceptors (Lipinski definition) is 3. The highest BCUT2D eigenvalue weighted by Crippen LogP contribution is 2.33. The number of carbonyl (C=O) groups excluding carboxylic acids is 1. The van der Waals surface area contributed by atoms with Crippen molar-refractivity contribution < 1.29 is 14.6 Å². The monoisotopic (exact) mass is 277 g/mol. The van der Waals surface area contributed by atoms with Crippen molar-refractivity contribution >= 4 is 5.91 Å². The summed E-state index contributed by atoms with van der Waals surface area (Å²) in [7, 11) is 0. The van der Waals surface area contributed by atoms with E-state index in [1.165, 1.54) is 5.56 Å². The standard InChI is InChI=1S/C16H23NO3/c1-2-12-3-7-14(8-4-12)20-11-16(19)17-15(9-10-18)13-5-6-13/h3-4,7-8,13,15,18H,2,5-6,9-11H2,1H3,(H,17,19). The van der Waals surface area contributed by atoms with Crippen molar-refractivity contribution in [2.45, 2.75) is 38.6 Å². The molecule has 1 atom stereocenters. The van der Waals surface area contributed by atoms with Gasteiger partial charge in [0.2, 0.25) is 0 Å². The molecule has 0 aliphatic heterocycles. The van der Waals surface area contributed by atoms with Crippen LogP contribution in [-0.2, 0) is 11.2 Å². The molecule has 1 aliphatic carbocycles. The highest BCUT2D eigenvalue weighted by Gasteiger charge is 2.31. The van der Waals surface area contributed by atoms with Crippen molar-refractivity contribution in [2.24, 2.45) is 5.92 Å². The van der Waals surface area contributed by atoms with Gasteiger partial charge in [-0.15, -0.1) is 0 Å². The Labute approximate surface area is 120 Å². The van der Waals surface area contributed by atoms with Crippen molar-refractivity contribution in [3.63, 3.8) is 0 Å². The summed E-state index contributed by atoms with van der Waals surface area (Å²) in [5.74, 6) is 1.13. The van der Waals surface area contributed by atoms with E-state index in [0.29, 0.717) is 18.1 Å². The molecule has 4 heteroatoms. The third-order valence-electron chi connectivity index (χ3n) is 3.68. The molecule has 0 radical (unpaired) electrons. The molecule has 20 heavy (non-hydrogen) atoms. The summed E-state index contributed by atoms with van der Waals surface area (Å²) in [6.45, 7) is 2.24. The van der Waals surface area contributed by atoms with Crippen molar-refractivity contribution in [3.05, 3.63) is 29.8 Å². The number of amides is 1. The molecule has 1 saturated carbocycles. The van der Waals surface area contributed by atoms with Crippen molar-refractivity contribution in [1.82, 2.24) is 5.32 Å². The average molecular weight is 277 g/mol. The number of aliphatic hydroxyl groups is 1. The zero-order valence-corrected chi connectivity index (χ0v) is 12.0. The molecule has 2 N–H and O–H groups in total. The topological polar surface area (TPSA) is 58.6 Å². The van der Waals surface area contributed by atoms with E-state index in [-0.39, 0.29) is 25.2 Å². The van der Waals surface area contributed by atoms with E-state index in [4.69, 9.17) is 9.84 Å². The molecule has 1 fully saturated rings. The summed E-state index contributed by atoms with van der Waals surface area (Å²) >= 11 is 0. The Balaban J connectivity index is 1.75. The molecule has 0 spiro atoms. The first-order valence-electron chi connectivity index (χ1n) is 7.35. The highest BCUT2D eigenvalue weighted by molar-refractivity contribution is 5.77. The van der Waals surface area contributed by atoms with Crippen LogP contribution in [-0.4, -0.2) is 30.3 Å². The van der Waals surface area contributed by atoms with Gasteiger partial charge in [-0.2, -0.15) is 0 Å². The first-order chi connectivity index (χ1) is 9.72. The molecule has 1 aromatic carbocycles. The minimum absolute atomic E-state index is 0.0279. The fourth-order valence-electron chi connectivity index (χ4n) is 2.28. The molecule has 1 aliphatic rings. The van der Waals surface area contributed by atoms with Gasteiger partial charge in [0.1, 0.15) is 5.75 Å². The molecule has 2 rings (SSSR count). The van der Waals surface area contributed by atoms with Crippen molar-refractivity contribution in [2.75, 3.05) is 13.2 Å². The summed E-state index contributed by atoms with van der Waals surface area (Å²) in [5, 5.41) is 11.9. The minimum Gasteiger partial charge on any atom is -0.484 e. The Bertz CT molecular complexity index is 426. The Morgan fingerprint density at radius 3 is 2.65 bits per heavy atom. The van der Waals surface area contributed by atoms with Crippen molar-refractivity contribution in [3.8, 4) is 5.75 Å². The van der Waals surface area contributed by atoms with Crippen LogP contribution >= 0.6 is 0 Å². The lowest BCUT2D eigenvalue weighted by molar-refractivity contribution is -0.124. The summed E-state index contributed by atoms with van der Waals surface area (Å²) < 4.78 is 5.47. The van der Waals surface area contributed by atoms with Crippen LogP contribution in [0.15, 0.2) is 24.3 Å². The zero-order valence-electron chi connectivity index (χ0n) is 12.0.